The number of unbranched alkanes of at least 4 members (excludes halogenated alkanes) is 2. The molecular weight excluding hydrogens is 160 g/mol. The zero-order valence-electron chi connectivity index (χ0n) is 8.97. The van der Waals surface area contributed by atoms with Gasteiger partial charge in [-0.15, -0.1) is 0 Å². The van der Waals surface area contributed by atoms with Gasteiger partial charge in [-0.1, -0.05) is 13.3 Å². The van der Waals surface area contributed by atoms with Crippen molar-refractivity contribution in [1.82, 2.24) is 4.90 Å². The van der Waals surface area contributed by atoms with Gasteiger partial charge >= 0.3 is 0 Å². The maximum absolute atomic E-state index is 5.46. The number of nitrogens with two attached hydrogens (primary N) is 1. The van der Waals surface area contributed by atoms with E-state index in [9.17, 15) is 0 Å². The fourth-order valence-corrected chi connectivity index (χ4v) is 2.15. The first-order valence-corrected chi connectivity index (χ1v) is 5.75. The predicted molar refractivity (Wildman–Crippen MR) is 57.7 cm³/mol. The van der Waals surface area contributed by atoms with Gasteiger partial charge in [0.2, 0.25) is 0 Å². The topological polar surface area (TPSA) is 29.3 Å². The van der Waals surface area contributed by atoms with Crippen molar-refractivity contribution in [2.75, 3.05) is 26.2 Å². The Morgan fingerprint density at radius 2 is 2.15 bits per heavy atom. The highest BCUT2D eigenvalue weighted by atomic mass is 15.1. The molecule has 1 aliphatic heterocycles. The number of piperidine rings is 1. The minimum absolute atomic E-state index is 0.858. The highest BCUT2D eigenvalue weighted by Gasteiger charge is 2.14. The van der Waals surface area contributed by atoms with Crippen LogP contribution in [-0.2, 0) is 0 Å². The summed E-state index contributed by atoms with van der Waals surface area (Å²) in [5, 5.41) is 0. The maximum Gasteiger partial charge on any atom is 0.000703 e. The summed E-state index contributed by atoms with van der Waals surface area (Å²) >= 11 is 0. The van der Waals surface area contributed by atoms with E-state index in [4.69, 9.17) is 5.73 Å². The minimum Gasteiger partial charge on any atom is -0.330 e. The summed E-state index contributed by atoms with van der Waals surface area (Å²) in [4.78, 5) is 2.62. The lowest BCUT2D eigenvalue weighted by molar-refractivity contribution is 0.181. The first-order chi connectivity index (χ1) is 6.33. The van der Waals surface area contributed by atoms with Crippen molar-refractivity contribution in [1.29, 1.82) is 0 Å². The van der Waals surface area contributed by atoms with Crippen molar-refractivity contribution in [3.63, 3.8) is 0 Å². The molecule has 0 amide bonds. The summed E-state index contributed by atoms with van der Waals surface area (Å²) in [6.45, 7) is 7.17. The normalized spacial score (nSPS) is 24.9. The molecule has 0 aromatic rings. The summed E-state index contributed by atoms with van der Waals surface area (Å²) in [5.74, 6) is 0.920. The Kier molecular flexibility index (Phi) is 5.40. The van der Waals surface area contributed by atoms with Gasteiger partial charge in [0.05, 0.1) is 0 Å². The van der Waals surface area contributed by atoms with Crippen LogP contribution < -0.4 is 5.73 Å². The van der Waals surface area contributed by atoms with Crippen LogP contribution in [0.5, 0.6) is 0 Å². The second-order valence-electron chi connectivity index (χ2n) is 4.40. The average molecular weight is 184 g/mol. The molecule has 0 aromatic heterocycles. The van der Waals surface area contributed by atoms with Crippen LogP contribution in [0, 0.1) is 5.92 Å². The largest absolute Gasteiger partial charge is 0.330 e. The number of likely N-dealkylation sites (tertiary alicyclic amines) is 1. The van der Waals surface area contributed by atoms with E-state index in [-0.39, 0.29) is 0 Å². The van der Waals surface area contributed by atoms with E-state index in [1.54, 1.807) is 0 Å². The molecule has 1 fully saturated rings. The fourth-order valence-electron chi connectivity index (χ4n) is 2.15. The molecule has 2 heteroatoms. The first-order valence-electron chi connectivity index (χ1n) is 5.75. The van der Waals surface area contributed by atoms with E-state index in [2.05, 4.69) is 11.8 Å². The van der Waals surface area contributed by atoms with Gasteiger partial charge in [-0.25, -0.2) is 0 Å². The van der Waals surface area contributed by atoms with E-state index >= 15 is 0 Å². The van der Waals surface area contributed by atoms with Gasteiger partial charge in [-0.2, -0.15) is 0 Å². The van der Waals surface area contributed by atoms with Crippen LogP contribution in [0.25, 0.3) is 0 Å². The Labute approximate surface area is 82.5 Å². The fraction of sp³-hybridized carbons (Fsp3) is 1.00. The van der Waals surface area contributed by atoms with Crippen LogP contribution >= 0.6 is 0 Å². The third-order valence-electron chi connectivity index (χ3n) is 2.92. The zero-order valence-corrected chi connectivity index (χ0v) is 8.97. The summed E-state index contributed by atoms with van der Waals surface area (Å²) in [7, 11) is 0. The molecule has 78 valence electrons. The van der Waals surface area contributed by atoms with Gasteiger partial charge in [0, 0.05) is 6.54 Å². The molecule has 0 aromatic carbocycles. The molecule has 0 spiro atoms. The Morgan fingerprint density at radius 3 is 2.85 bits per heavy atom. The Hall–Kier alpha value is -0.0800. The Balaban J connectivity index is 2.00. The molecule has 0 aliphatic carbocycles. The highest BCUT2D eigenvalue weighted by Crippen LogP contribution is 2.15. The summed E-state index contributed by atoms with van der Waals surface area (Å²) in [6, 6.07) is 0. The third-order valence-corrected chi connectivity index (χ3v) is 2.92. The smallest absolute Gasteiger partial charge is 0.000703 e. The van der Waals surface area contributed by atoms with Crippen molar-refractivity contribution < 1.29 is 0 Å². The highest BCUT2D eigenvalue weighted by molar-refractivity contribution is 4.69. The van der Waals surface area contributed by atoms with E-state index < -0.39 is 0 Å². The molecular formula is C11H24N2. The van der Waals surface area contributed by atoms with E-state index in [0.29, 0.717) is 0 Å². The lowest BCUT2D eigenvalue weighted by Gasteiger charge is -2.30. The van der Waals surface area contributed by atoms with Gasteiger partial charge in [-0.3, -0.25) is 0 Å². The minimum atomic E-state index is 0.858. The van der Waals surface area contributed by atoms with Gasteiger partial charge in [-0.05, 0) is 51.2 Å². The monoisotopic (exact) mass is 184 g/mol. The molecule has 0 saturated carbocycles. The van der Waals surface area contributed by atoms with Crippen LogP contribution in [-0.4, -0.2) is 31.1 Å². The molecule has 1 saturated heterocycles. The van der Waals surface area contributed by atoms with Gasteiger partial charge in [0.25, 0.3) is 0 Å². The summed E-state index contributed by atoms with van der Waals surface area (Å²) < 4.78 is 0. The van der Waals surface area contributed by atoms with E-state index in [0.717, 1.165) is 12.5 Å². The lowest BCUT2D eigenvalue weighted by Crippen LogP contribution is -2.34. The summed E-state index contributed by atoms with van der Waals surface area (Å²) in [5.41, 5.74) is 5.46. The van der Waals surface area contributed by atoms with Crippen LogP contribution in [0.1, 0.15) is 39.0 Å². The number of rotatable bonds is 5. The van der Waals surface area contributed by atoms with Gasteiger partial charge in [0.15, 0.2) is 0 Å². The van der Waals surface area contributed by atoms with Crippen molar-refractivity contribution >= 4 is 0 Å². The van der Waals surface area contributed by atoms with Crippen LogP contribution in [0.15, 0.2) is 0 Å². The predicted octanol–water partition coefficient (Wildman–Crippen LogP) is 1.85. The molecule has 0 radical (unpaired) electrons. The van der Waals surface area contributed by atoms with Crippen molar-refractivity contribution in [3.05, 3.63) is 0 Å². The molecule has 0 bridgehead atoms. The SMILES string of the molecule is C[C@H]1CCCN(CCCCCN)C1. The molecule has 13 heavy (non-hydrogen) atoms. The third kappa shape index (κ3) is 4.63. The first kappa shape index (κ1) is 11.0. The molecule has 1 heterocycles. The molecule has 2 nitrogen and oxygen atoms in total. The molecule has 1 atom stereocenters. The van der Waals surface area contributed by atoms with E-state index in [1.807, 2.05) is 0 Å². The van der Waals surface area contributed by atoms with Crippen molar-refractivity contribution in [3.8, 4) is 0 Å². The average Bonchev–Trinajstić information content (AvgIpc) is 2.13. The van der Waals surface area contributed by atoms with Crippen molar-refractivity contribution in [2.45, 2.75) is 39.0 Å². The van der Waals surface area contributed by atoms with Crippen LogP contribution in [0.2, 0.25) is 0 Å². The number of hydrogen-bond acceptors (Lipinski definition) is 2. The van der Waals surface area contributed by atoms with Crippen LogP contribution in [0.3, 0.4) is 0 Å². The second-order valence-corrected chi connectivity index (χ2v) is 4.40. The lowest BCUT2D eigenvalue weighted by atomic mass is 10.00. The quantitative estimate of drug-likeness (QED) is 0.661. The van der Waals surface area contributed by atoms with Gasteiger partial charge in [0.1, 0.15) is 0 Å². The van der Waals surface area contributed by atoms with Crippen LogP contribution in [0.4, 0.5) is 0 Å². The van der Waals surface area contributed by atoms with E-state index in [1.165, 1.54) is 51.7 Å². The Morgan fingerprint density at radius 1 is 1.31 bits per heavy atom. The summed E-state index contributed by atoms with van der Waals surface area (Å²) in [6.07, 6.45) is 6.67. The molecule has 2 N–H and O–H groups in total. The molecule has 1 aliphatic rings. The van der Waals surface area contributed by atoms with Gasteiger partial charge < -0.3 is 10.6 Å². The number of hydrogen-bond donors (Lipinski definition) is 1. The second kappa shape index (κ2) is 6.39. The van der Waals surface area contributed by atoms with Crippen molar-refractivity contribution in [2.24, 2.45) is 11.7 Å². The number of nitrogens with zero attached hydrogens (tertiary/aromatic N) is 1. The zero-order chi connectivity index (χ0) is 9.52. The molecule has 1 rings (SSSR count). The standard InChI is InChI=1S/C11H24N2/c1-11-6-5-9-13(10-11)8-4-2-3-7-12/h11H,2-10,12H2,1H3/t11-/m0/s1. The maximum atomic E-state index is 5.46. The Bertz CT molecular complexity index is 125. The molecule has 0 unspecified atom stereocenters.